The van der Waals surface area contributed by atoms with E-state index in [4.69, 9.17) is 9.47 Å². The number of ether oxygens (including phenoxy) is 4. The van der Waals surface area contributed by atoms with Crippen LogP contribution in [-0.4, -0.2) is 62.0 Å². The minimum absolute atomic E-state index is 0.0382. The Kier molecular flexibility index (Phi) is 12.8. The highest BCUT2D eigenvalue weighted by molar-refractivity contribution is 5.82. The van der Waals surface area contributed by atoms with Gasteiger partial charge >= 0.3 is 24.2 Å². The van der Waals surface area contributed by atoms with Gasteiger partial charge in [-0.3, -0.25) is 9.59 Å². The second kappa shape index (κ2) is 14.1. The van der Waals surface area contributed by atoms with Crippen molar-refractivity contribution in [1.29, 1.82) is 0 Å². The molecule has 0 unspecified atom stereocenters. The van der Waals surface area contributed by atoms with Crippen molar-refractivity contribution in [3.63, 3.8) is 0 Å². The van der Waals surface area contributed by atoms with Gasteiger partial charge < -0.3 is 23.8 Å². The molecule has 0 heterocycles. The summed E-state index contributed by atoms with van der Waals surface area (Å²) < 4.78 is 18.7. The summed E-state index contributed by atoms with van der Waals surface area (Å²) in [5.74, 6) is -1.08. The molecule has 9 nitrogen and oxygen atoms in total. The summed E-state index contributed by atoms with van der Waals surface area (Å²) in [5, 5.41) is 0. The molecule has 0 N–H and O–H groups in total. The van der Waals surface area contributed by atoms with Crippen LogP contribution >= 0.6 is 0 Å². The van der Waals surface area contributed by atoms with Gasteiger partial charge in [-0.05, 0) is 33.6 Å². The van der Waals surface area contributed by atoms with Crippen LogP contribution in [0.15, 0.2) is 0 Å². The Bertz CT molecular complexity index is 438. The lowest BCUT2D eigenvalue weighted by Crippen LogP contribution is -2.35. The van der Waals surface area contributed by atoms with E-state index < -0.39 is 18.2 Å². The molecule has 0 rings (SSSR count). The molecule has 0 radical (unpaired) electrons. The van der Waals surface area contributed by atoms with E-state index in [-0.39, 0.29) is 38.6 Å². The number of rotatable bonds is 11. The maximum Gasteiger partial charge on any atom is 0.516 e. The van der Waals surface area contributed by atoms with Crippen LogP contribution in [0.5, 0.6) is 0 Å². The number of nitrogens with zero attached hydrogens (tertiary/aromatic N) is 1. The minimum Gasteiger partial charge on any atom is -0.466 e. The van der Waals surface area contributed by atoms with Gasteiger partial charge in [-0.2, -0.15) is 0 Å². The first-order chi connectivity index (χ1) is 11.9. The molecule has 9 heteroatoms. The van der Waals surface area contributed by atoms with Crippen molar-refractivity contribution in [1.82, 2.24) is 4.90 Å². The predicted octanol–water partition coefficient (Wildman–Crippen LogP) is 2.27. The maximum atomic E-state index is 11.9. The van der Waals surface area contributed by atoms with Gasteiger partial charge in [0, 0.05) is 19.5 Å². The topological polar surface area (TPSA) is 108 Å². The molecule has 0 spiro atoms. The van der Waals surface area contributed by atoms with Gasteiger partial charge in [-0.1, -0.05) is 0 Å². The zero-order valence-corrected chi connectivity index (χ0v) is 15.1. The van der Waals surface area contributed by atoms with E-state index in [2.05, 4.69) is 9.47 Å². The van der Waals surface area contributed by atoms with E-state index in [1.54, 1.807) is 20.8 Å². The van der Waals surface area contributed by atoms with Crippen molar-refractivity contribution >= 4 is 24.2 Å². The summed E-state index contributed by atoms with van der Waals surface area (Å²) >= 11 is 0. The minimum atomic E-state index is -1.07. The van der Waals surface area contributed by atoms with Gasteiger partial charge in [-0.25, -0.2) is 9.59 Å². The molecule has 25 heavy (non-hydrogen) atoms. The first kappa shape index (κ1) is 22.7. The van der Waals surface area contributed by atoms with Crippen LogP contribution in [0.1, 0.15) is 46.5 Å². The summed E-state index contributed by atoms with van der Waals surface area (Å²) in [7, 11) is 0. The number of hydrogen-bond donors (Lipinski definition) is 0. The Hall–Kier alpha value is -2.32. The van der Waals surface area contributed by atoms with Crippen molar-refractivity contribution in [2.75, 3.05) is 32.9 Å². The Morgan fingerprint density at radius 3 is 1.96 bits per heavy atom. The van der Waals surface area contributed by atoms with Crippen molar-refractivity contribution in [3.8, 4) is 0 Å². The van der Waals surface area contributed by atoms with Gasteiger partial charge in [0.1, 0.15) is 0 Å². The smallest absolute Gasteiger partial charge is 0.466 e. The maximum absolute atomic E-state index is 11.9. The molecule has 0 saturated carbocycles. The van der Waals surface area contributed by atoms with E-state index in [0.29, 0.717) is 26.0 Å². The quantitative estimate of drug-likeness (QED) is 0.239. The fraction of sp³-hybridized carbons (Fsp3) is 0.750. The lowest BCUT2D eigenvalue weighted by atomic mass is 10.2. The molecule has 0 aromatic rings. The Balaban J connectivity index is 4.29. The fourth-order valence-corrected chi connectivity index (χ4v) is 1.83. The van der Waals surface area contributed by atoms with Gasteiger partial charge in [0.2, 0.25) is 0 Å². The van der Waals surface area contributed by atoms with Crippen LogP contribution in [0.4, 0.5) is 9.59 Å². The molecule has 0 aliphatic carbocycles. The molecule has 0 atom stereocenters. The molecule has 0 fully saturated rings. The van der Waals surface area contributed by atoms with Crippen molar-refractivity contribution < 1.29 is 38.1 Å². The summed E-state index contributed by atoms with van der Waals surface area (Å²) in [6, 6.07) is 0. The van der Waals surface area contributed by atoms with Gasteiger partial charge in [-0.15, -0.1) is 0 Å². The van der Waals surface area contributed by atoms with Crippen molar-refractivity contribution in [2.24, 2.45) is 0 Å². The van der Waals surface area contributed by atoms with Crippen LogP contribution in [0.25, 0.3) is 0 Å². The van der Waals surface area contributed by atoms with E-state index >= 15 is 0 Å². The van der Waals surface area contributed by atoms with Crippen LogP contribution in [-0.2, 0) is 28.5 Å². The zero-order chi connectivity index (χ0) is 19.1. The highest BCUT2D eigenvalue weighted by Gasteiger charge is 2.18. The third-order valence-corrected chi connectivity index (χ3v) is 2.94. The number of carbonyl (C=O) groups excluding carboxylic acids is 4. The molecule has 0 aliphatic rings. The third kappa shape index (κ3) is 11.8. The van der Waals surface area contributed by atoms with Crippen LogP contribution in [0, 0.1) is 0 Å². The summed E-state index contributed by atoms with van der Waals surface area (Å²) in [4.78, 5) is 47.1. The van der Waals surface area contributed by atoms with Gasteiger partial charge in [0.05, 0.1) is 26.2 Å². The molecule has 144 valence electrons. The number of amides is 1. The highest BCUT2D eigenvalue weighted by Crippen LogP contribution is 2.05. The first-order valence-electron chi connectivity index (χ1n) is 8.39. The fourth-order valence-electron chi connectivity index (χ4n) is 1.83. The zero-order valence-electron chi connectivity index (χ0n) is 15.1. The lowest BCUT2D eigenvalue weighted by Gasteiger charge is -2.21. The van der Waals surface area contributed by atoms with Crippen LogP contribution in [0.3, 0.4) is 0 Å². The molecule has 0 saturated heterocycles. The third-order valence-electron chi connectivity index (χ3n) is 2.94. The van der Waals surface area contributed by atoms with E-state index in [1.807, 2.05) is 0 Å². The Labute approximate surface area is 147 Å². The van der Waals surface area contributed by atoms with Crippen molar-refractivity contribution in [2.45, 2.75) is 46.5 Å². The molecular formula is C16H27NO8. The molecule has 1 amide bonds. The molecule has 0 aromatic carbocycles. The number of esters is 2. The van der Waals surface area contributed by atoms with Gasteiger partial charge in [0.25, 0.3) is 0 Å². The van der Waals surface area contributed by atoms with E-state index in [1.165, 1.54) is 4.90 Å². The van der Waals surface area contributed by atoms with Crippen LogP contribution in [0.2, 0.25) is 0 Å². The summed E-state index contributed by atoms with van der Waals surface area (Å²) in [5.41, 5.74) is 0. The second-order valence-corrected chi connectivity index (χ2v) is 4.86. The second-order valence-electron chi connectivity index (χ2n) is 4.86. The molecule has 0 aromatic heterocycles. The standard InChI is InChI=1S/C16H27NO8/c1-4-22-13(18)9-7-8-11-17(15(20)23-5-2)12-10-14(19)25-16(21)24-6-3/h4-12H2,1-3H3. The molecular weight excluding hydrogens is 334 g/mol. The monoisotopic (exact) mass is 361 g/mol. The summed E-state index contributed by atoms with van der Waals surface area (Å²) in [6.07, 6.45) is -0.454. The number of carbonyl (C=O) groups is 4. The Morgan fingerprint density at radius 1 is 0.720 bits per heavy atom. The van der Waals surface area contributed by atoms with Gasteiger partial charge in [0.15, 0.2) is 0 Å². The van der Waals surface area contributed by atoms with Crippen molar-refractivity contribution in [3.05, 3.63) is 0 Å². The average molecular weight is 361 g/mol. The largest absolute Gasteiger partial charge is 0.516 e. The molecule has 0 bridgehead atoms. The predicted molar refractivity (Wildman–Crippen MR) is 86.8 cm³/mol. The van der Waals surface area contributed by atoms with Crippen LogP contribution < -0.4 is 0 Å². The number of unbranched alkanes of at least 4 members (excludes halogenated alkanes) is 1. The Morgan fingerprint density at radius 2 is 1.36 bits per heavy atom. The van der Waals surface area contributed by atoms with E-state index in [9.17, 15) is 19.2 Å². The highest BCUT2D eigenvalue weighted by atomic mass is 16.7. The lowest BCUT2D eigenvalue weighted by molar-refractivity contribution is -0.143. The van der Waals surface area contributed by atoms with E-state index in [0.717, 1.165) is 0 Å². The molecule has 0 aliphatic heterocycles. The SMILES string of the molecule is CCOC(=O)CCCCN(CCC(=O)OC(=O)OCC)C(=O)OCC. The normalized spacial score (nSPS) is 9.88. The summed E-state index contributed by atoms with van der Waals surface area (Å²) in [6.45, 7) is 5.97. The first-order valence-corrected chi connectivity index (χ1v) is 8.39. The number of hydrogen-bond acceptors (Lipinski definition) is 8. The average Bonchev–Trinajstić information content (AvgIpc) is 2.54.